The molecule has 0 radical (unpaired) electrons. The van der Waals surface area contributed by atoms with Crippen LogP contribution >= 0.6 is 11.8 Å². The number of benzene rings is 2. The number of H-pyrrole nitrogens is 1. The van der Waals surface area contributed by atoms with Crippen LogP contribution in [0.4, 0.5) is 4.39 Å². The fraction of sp³-hybridized carbons (Fsp3) is 0.167. The van der Waals surface area contributed by atoms with E-state index in [2.05, 4.69) is 4.98 Å². The van der Waals surface area contributed by atoms with E-state index in [1.165, 1.54) is 12.1 Å². The van der Waals surface area contributed by atoms with Crippen LogP contribution in [0.2, 0.25) is 0 Å². The highest BCUT2D eigenvalue weighted by atomic mass is 32.2. The van der Waals surface area contributed by atoms with E-state index in [1.807, 2.05) is 41.6 Å². The Balaban J connectivity index is 1.48. The lowest BCUT2D eigenvalue weighted by Crippen LogP contribution is -2.30. The van der Waals surface area contributed by atoms with Crippen molar-refractivity contribution in [1.82, 2.24) is 19.7 Å². The Kier molecular flexibility index (Phi) is 5.45. The van der Waals surface area contributed by atoms with Crippen molar-refractivity contribution in [2.45, 2.75) is 11.8 Å². The van der Waals surface area contributed by atoms with Crippen LogP contribution < -0.4 is 0 Å². The van der Waals surface area contributed by atoms with Crippen LogP contribution in [0.15, 0.2) is 73.1 Å². The number of nitrogens with one attached hydrogen (secondary N) is 1. The second-order valence-electron chi connectivity index (χ2n) is 7.60. The van der Waals surface area contributed by atoms with Crippen molar-refractivity contribution in [2.24, 2.45) is 0 Å². The molecule has 2 aromatic carbocycles. The van der Waals surface area contributed by atoms with Crippen LogP contribution in [0.3, 0.4) is 0 Å². The normalized spacial score (nSPS) is 16.1. The van der Waals surface area contributed by atoms with E-state index in [0.29, 0.717) is 18.7 Å². The van der Waals surface area contributed by atoms with Crippen molar-refractivity contribution in [3.63, 3.8) is 0 Å². The van der Waals surface area contributed by atoms with Crippen molar-refractivity contribution < 1.29 is 14.3 Å². The molecular formula is C24H21FN4O2S. The van der Waals surface area contributed by atoms with Gasteiger partial charge in [-0.1, -0.05) is 12.1 Å². The number of thioether (sulfide) groups is 1. The summed E-state index contributed by atoms with van der Waals surface area (Å²) in [6, 6.07) is 17.1. The maximum atomic E-state index is 13.4. The van der Waals surface area contributed by atoms with Gasteiger partial charge >= 0.3 is 0 Å². The maximum absolute atomic E-state index is 13.4. The summed E-state index contributed by atoms with van der Waals surface area (Å²) in [5.41, 5.74) is 4.35. The second kappa shape index (κ2) is 8.55. The molecule has 3 heterocycles. The van der Waals surface area contributed by atoms with Gasteiger partial charge in [0.1, 0.15) is 22.6 Å². The Morgan fingerprint density at radius 2 is 1.91 bits per heavy atom. The Morgan fingerprint density at radius 1 is 1.12 bits per heavy atom. The number of amides is 1. The molecule has 6 nitrogen and oxygen atoms in total. The molecule has 1 aliphatic heterocycles. The summed E-state index contributed by atoms with van der Waals surface area (Å²) in [7, 11) is 0. The fourth-order valence-electron chi connectivity index (χ4n) is 3.85. The molecule has 162 valence electrons. The van der Waals surface area contributed by atoms with Gasteiger partial charge in [0.2, 0.25) is 5.91 Å². The monoisotopic (exact) mass is 448 g/mol. The second-order valence-corrected chi connectivity index (χ2v) is 8.67. The molecule has 0 spiro atoms. The molecule has 0 aliphatic carbocycles. The third-order valence-corrected chi connectivity index (χ3v) is 6.74. The Morgan fingerprint density at radius 3 is 2.62 bits per heavy atom. The van der Waals surface area contributed by atoms with Crippen molar-refractivity contribution >= 4 is 17.7 Å². The maximum Gasteiger partial charge on any atom is 0.233 e. The number of aromatic nitrogens is 3. The summed E-state index contributed by atoms with van der Waals surface area (Å²) in [5, 5.41) is 14.1. The van der Waals surface area contributed by atoms with Crippen molar-refractivity contribution in [2.75, 3.05) is 12.3 Å². The van der Waals surface area contributed by atoms with Crippen LogP contribution in [0, 0.1) is 5.82 Å². The standard InChI is InChI=1S/C24H21FN4O2S/c25-17-5-7-18(8-6-17)29-14-20(23(27-29)21-2-1-12-26-21)24-28(22(31)15-32-24)13-11-16-3-9-19(30)10-4-16/h1-10,12,14,24,26,30H,11,13,15H2/t24-/m1/s1. The number of aromatic amines is 1. The molecule has 1 aliphatic rings. The minimum Gasteiger partial charge on any atom is -0.508 e. The molecule has 5 rings (SSSR count). The first-order valence-corrected chi connectivity index (χ1v) is 11.3. The highest BCUT2D eigenvalue weighted by Crippen LogP contribution is 2.42. The van der Waals surface area contributed by atoms with E-state index in [-0.39, 0.29) is 22.8 Å². The molecule has 0 bridgehead atoms. The van der Waals surface area contributed by atoms with Gasteiger partial charge in [-0.05, 0) is 60.5 Å². The molecule has 1 saturated heterocycles. The van der Waals surface area contributed by atoms with Gasteiger partial charge in [0.25, 0.3) is 0 Å². The quantitative estimate of drug-likeness (QED) is 0.455. The summed E-state index contributed by atoms with van der Waals surface area (Å²) in [5.74, 6) is 0.420. The van der Waals surface area contributed by atoms with Crippen molar-refractivity contribution in [3.05, 3.63) is 90.0 Å². The Bertz CT molecular complexity index is 1220. The Hall–Kier alpha value is -3.52. The molecule has 2 N–H and O–H groups in total. The zero-order chi connectivity index (χ0) is 22.1. The smallest absolute Gasteiger partial charge is 0.233 e. The third-order valence-electron chi connectivity index (χ3n) is 5.50. The first-order chi connectivity index (χ1) is 15.6. The largest absolute Gasteiger partial charge is 0.508 e. The molecule has 0 unspecified atom stereocenters. The third kappa shape index (κ3) is 4.01. The van der Waals surface area contributed by atoms with Crippen LogP contribution in [-0.4, -0.2) is 43.0 Å². The molecule has 1 atom stereocenters. The summed E-state index contributed by atoms with van der Waals surface area (Å²) in [6.45, 7) is 0.563. The topological polar surface area (TPSA) is 74.2 Å². The Labute approximate surface area is 188 Å². The van der Waals surface area contributed by atoms with Crippen molar-refractivity contribution in [1.29, 1.82) is 0 Å². The van der Waals surface area contributed by atoms with Gasteiger partial charge in [-0.2, -0.15) is 5.10 Å². The van der Waals surface area contributed by atoms with Gasteiger partial charge in [-0.3, -0.25) is 4.79 Å². The van der Waals surface area contributed by atoms with E-state index in [0.717, 1.165) is 28.2 Å². The molecule has 1 fully saturated rings. The summed E-state index contributed by atoms with van der Waals surface area (Å²) in [4.78, 5) is 17.8. The lowest BCUT2D eigenvalue weighted by Gasteiger charge is -2.24. The lowest BCUT2D eigenvalue weighted by atomic mass is 10.1. The van der Waals surface area contributed by atoms with Crippen LogP contribution in [0.25, 0.3) is 17.1 Å². The first kappa shape index (κ1) is 20.4. The van der Waals surface area contributed by atoms with Gasteiger partial charge in [-0.15, -0.1) is 11.8 Å². The molecular weight excluding hydrogens is 427 g/mol. The number of aromatic hydroxyl groups is 1. The average Bonchev–Trinajstić information content (AvgIpc) is 3.53. The highest BCUT2D eigenvalue weighted by Gasteiger charge is 2.35. The average molecular weight is 449 g/mol. The fourth-order valence-corrected chi connectivity index (χ4v) is 5.07. The molecule has 4 aromatic rings. The molecule has 32 heavy (non-hydrogen) atoms. The number of halogens is 1. The van der Waals surface area contributed by atoms with E-state index >= 15 is 0 Å². The van der Waals surface area contributed by atoms with Crippen LogP contribution in [0.5, 0.6) is 5.75 Å². The number of phenolic OH excluding ortho intramolecular Hbond substituents is 1. The molecule has 1 amide bonds. The predicted octanol–water partition coefficient (Wildman–Crippen LogP) is 4.53. The zero-order valence-corrected chi connectivity index (χ0v) is 17.9. The van der Waals surface area contributed by atoms with Gasteiger partial charge in [0.05, 0.1) is 17.1 Å². The molecule has 2 aromatic heterocycles. The van der Waals surface area contributed by atoms with Crippen LogP contribution in [-0.2, 0) is 11.2 Å². The number of carbonyl (C=O) groups is 1. The number of carbonyl (C=O) groups excluding carboxylic acids is 1. The van der Waals surface area contributed by atoms with E-state index in [1.54, 1.807) is 40.7 Å². The van der Waals surface area contributed by atoms with Crippen molar-refractivity contribution in [3.8, 4) is 22.8 Å². The molecule has 0 saturated carbocycles. The van der Waals surface area contributed by atoms with E-state index in [4.69, 9.17) is 5.10 Å². The summed E-state index contributed by atoms with van der Waals surface area (Å²) in [6.07, 6.45) is 4.45. The summed E-state index contributed by atoms with van der Waals surface area (Å²) >= 11 is 1.58. The van der Waals surface area contributed by atoms with E-state index in [9.17, 15) is 14.3 Å². The number of hydrogen-bond donors (Lipinski definition) is 2. The number of hydrogen-bond acceptors (Lipinski definition) is 4. The summed E-state index contributed by atoms with van der Waals surface area (Å²) < 4.78 is 15.1. The molecule has 8 heteroatoms. The van der Waals surface area contributed by atoms with Gasteiger partial charge < -0.3 is 15.0 Å². The lowest BCUT2D eigenvalue weighted by molar-refractivity contribution is -0.128. The first-order valence-electron chi connectivity index (χ1n) is 10.3. The SMILES string of the molecule is O=C1CS[C@H](c2cn(-c3ccc(F)cc3)nc2-c2ccc[nH]2)N1CCc1ccc(O)cc1. The number of rotatable bonds is 6. The minimum absolute atomic E-state index is 0.0887. The van der Waals surface area contributed by atoms with Gasteiger partial charge in [0.15, 0.2) is 0 Å². The van der Waals surface area contributed by atoms with Gasteiger partial charge in [0, 0.05) is 24.5 Å². The minimum atomic E-state index is -0.303. The number of phenols is 1. The highest BCUT2D eigenvalue weighted by molar-refractivity contribution is 8.00. The number of nitrogens with zero attached hydrogens (tertiary/aromatic N) is 3. The van der Waals surface area contributed by atoms with E-state index < -0.39 is 0 Å². The predicted molar refractivity (Wildman–Crippen MR) is 122 cm³/mol. The van der Waals surface area contributed by atoms with Crippen LogP contribution in [0.1, 0.15) is 16.5 Å². The zero-order valence-electron chi connectivity index (χ0n) is 17.1. The van der Waals surface area contributed by atoms with Gasteiger partial charge in [-0.25, -0.2) is 9.07 Å².